The number of rotatable bonds is 2. The first-order chi connectivity index (χ1) is 5.97. The largest absolute Gasteiger partial charge is 0.380 e. The molecular weight excluding hydrogens is 170 g/mol. The molecular formula is C8H15N3O2. The Kier molecular flexibility index (Phi) is 2.56. The average Bonchev–Trinajstić information content (AvgIpc) is 2.33. The van der Waals surface area contributed by atoms with Crippen molar-refractivity contribution in [1.82, 2.24) is 5.32 Å². The first-order valence-corrected chi connectivity index (χ1v) is 4.31. The molecule has 5 N–H and O–H groups in total. The van der Waals surface area contributed by atoms with Gasteiger partial charge in [0.15, 0.2) is 11.7 Å². The molecule has 1 fully saturated rings. The van der Waals surface area contributed by atoms with Gasteiger partial charge in [-0.2, -0.15) is 0 Å². The Labute approximate surface area is 76.8 Å². The van der Waals surface area contributed by atoms with Crippen LogP contribution in [0.15, 0.2) is 0 Å². The van der Waals surface area contributed by atoms with Crippen molar-refractivity contribution >= 4 is 11.7 Å². The predicted molar refractivity (Wildman–Crippen MR) is 48.3 cm³/mol. The van der Waals surface area contributed by atoms with E-state index in [4.69, 9.17) is 11.1 Å². The molecule has 2 unspecified atom stereocenters. The first-order valence-electron chi connectivity index (χ1n) is 4.31. The van der Waals surface area contributed by atoms with E-state index < -0.39 is 11.6 Å². The molecule has 0 aromatic rings. The summed E-state index contributed by atoms with van der Waals surface area (Å²) in [6, 6.07) is -0.400. The lowest BCUT2D eigenvalue weighted by atomic mass is 9.93. The molecule has 0 saturated heterocycles. The van der Waals surface area contributed by atoms with Gasteiger partial charge in [-0.3, -0.25) is 10.2 Å². The highest BCUT2D eigenvalue weighted by Gasteiger charge is 2.45. The second-order valence-corrected chi connectivity index (χ2v) is 3.48. The molecule has 1 aliphatic carbocycles. The van der Waals surface area contributed by atoms with Crippen LogP contribution in [0.2, 0.25) is 0 Å². The third-order valence-electron chi connectivity index (χ3n) is 2.57. The van der Waals surface area contributed by atoms with E-state index in [0.717, 1.165) is 6.42 Å². The standard InChI is InChI=1S/C8H15N3O2/c1-5(12)8(13)4-2-3-6(8)11-7(9)10/h6,13H,2-4H2,1H3,(H4,9,10,11). The van der Waals surface area contributed by atoms with Gasteiger partial charge in [0.2, 0.25) is 0 Å². The summed E-state index contributed by atoms with van der Waals surface area (Å²) in [5.74, 6) is -0.463. The number of guanidine groups is 1. The zero-order valence-electron chi connectivity index (χ0n) is 7.63. The highest BCUT2D eigenvalue weighted by atomic mass is 16.3. The van der Waals surface area contributed by atoms with Gasteiger partial charge < -0.3 is 16.2 Å². The quantitative estimate of drug-likeness (QED) is 0.339. The molecule has 1 saturated carbocycles. The Morgan fingerprint density at radius 2 is 2.38 bits per heavy atom. The molecule has 5 heteroatoms. The van der Waals surface area contributed by atoms with Gasteiger partial charge in [-0.05, 0) is 26.2 Å². The number of nitrogens with one attached hydrogen (secondary N) is 2. The van der Waals surface area contributed by atoms with Gasteiger partial charge in [-0.25, -0.2) is 0 Å². The maximum Gasteiger partial charge on any atom is 0.186 e. The Morgan fingerprint density at radius 1 is 1.77 bits per heavy atom. The molecule has 74 valence electrons. The maximum absolute atomic E-state index is 11.2. The molecule has 0 aliphatic heterocycles. The summed E-state index contributed by atoms with van der Waals surface area (Å²) in [7, 11) is 0. The van der Waals surface area contributed by atoms with E-state index in [2.05, 4.69) is 5.32 Å². The fourth-order valence-corrected chi connectivity index (χ4v) is 1.79. The summed E-state index contributed by atoms with van der Waals surface area (Å²) < 4.78 is 0. The first kappa shape index (κ1) is 9.98. The van der Waals surface area contributed by atoms with Gasteiger partial charge in [0.1, 0.15) is 5.60 Å². The summed E-state index contributed by atoms with van der Waals surface area (Å²) in [5.41, 5.74) is 3.82. The fraction of sp³-hybridized carbons (Fsp3) is 0.750. The van der Waals surface area contributed by atoms with E-state index in [0.29, 0.717) is 12.8 Å². The van der Waals surface area contributed by atoms with Gasteiger partial charge in [0, 0.05) is 0 Å². The number of hydrogen-bond acceptors (Lipinski definition) is 3. The van der Waals surface area contributed by atoms with E-state index in [1.165, 1.54) is 6.92 Å². The monoisotopic (exact) mass is 185 g/mol. The molecule has 1 aliphatic rings. The van der Waals surface area contributed by atoms with Crippen LogP contribution in [-0.4, -0.2) is 28.5 Å². The van der Waals surface area contributed by atoms with Crippen molar-refractivity contribution < 1.29 is 9.90 Å². The van der Waals surface area contributed by atoms with Crippen LogP contribution in [0.4, 0.5) is 0 Å². The summed E-state index contributed by atoms with van der Waals surface area (Å²) in [6.07, 6.45) is 1.91. The van der Waals surface area contributed by atoms with Crippen LogP contribution < -0.4 is 11.1 Å². The van der Waals surface area contributed by atoms with Gasteiger partial charge in [0.05, 0.1) is 6.04 Å². The molecule has 0 aromatic heterocycles. The zero-order chi connectivity index (χ0) is 10.1. The van der Waals surface area contributed by atoms with Crippen LogP contribution in [-0.2, 0) is 4.79 Å². The Hall–Kier alpha value is -1.10. The molecule has 0 spiro atoms. The molecule has 13 heavy (non-hydrogen) atoms. The number of hydrogen-bond donors (Lipinski definition) is 4. The SMILES string of the molecule is CC(=O)C1(O)CCCC1NC(=N)N. The molecule has 2 atom stereocenters. The topological polar surface area (TPSA) is 99.2 Å². The van der Waals surface area contributed by atoms with Crippen molar-refractivity contribution in [2.24, 2.45) is 5.73 Å². The lowest BCUT2D eigenvalue weighted by molar-refractivity contribution is -0.136. The summed E-state index contributed by atoms with van der Waals surface area (Å²) in [5, 5.41) is 19.5. The van der Waals surface area contributed by atoms with Gasteiger partial charge in [-0.15, -0.1) is 0 Å². The number of ketones is 1. The minimum Gasteiger partial charge on any atom is -0.380 e. The molecule has 0 amide bonds. The molecule has 0 aromatic carbocycles. The maximum atomic E-state index is 11.2. The molecule has 0 heterocycles. The second kappa shape index (κ2) is 3.33. The van der Waals surface area contributed by atoms with Gasteiger partial charge >= 0.3 is 0 Å². The molecule has 1 rings (SSSR count). The van der Waals surface area contributed by atoms with Crippen molar-refractivity contribution in [3.05, 3.63) is 0 Å². The van der Waals surface area contributed by atoms with Gasteiger partial charge in [0.25, 0.3) is 0 Å². The van der Waals surface area contributed by atoms with Crippen LogP contribution in [0.1, 0.15) is 26.2 Å². The number of nitrogens with two attached hydrogens (primary N) is 1. The molecule has 0 bridgehead atoms. The highest BCUT2D eigenvalue weighted by molar-refractivity contribution is 5.87. The minimum absolute atomic E-state index is 0.202. The normalized spacial score (nSPS) is 32.9. The van der Waals surface area contributed by atoms with Crippen molar-refractivity contribution in [3.8, 4) is 0 Å². The average molecular weight is 185 g/mol. The number of Topliss-reactive ketones (excluding diaryl/α,β-unsaturated/α-hetero) is 1. The lowest BCUT2D eigenvalue weighted by Crippen LogP contribution is -2.54. The third kappa shape index (κ3) is 1.80. The summed E-state index contributed by atoms with van der Waals surface area (Å²) in [4.78, 5) is 11.2. The fourth-order valence-electron chi connectivity index (χ4n) is 1.79. The molecule has 5 nitrogen and oxygen atoms in total. The van der Waals surface area contributed by atoms with Crippen molar-refractivity contribution in [3.63, 3.8) is 0 Å². The summed E-state index contributed by atoms with van der Waals surface area (Å²) in [6.45, 7) is 1.36. The Morgan fingerprint density at radius 3 is 2.85 bits per heavy atom. The van der Waals surface area contributed by atoms with E-state index >= 15 is 0 Å². The van der Waals surface area contributed by atoms with E-state index in [-0.39, 0.29) is 11.7 Å². The van der Waals surface area contributed by atoms with Crippen molar-refractivity contribution in [2.45, 2.75) is 37.8 Å². The minimum atomic E-state index is -1.33. The predicted octanol–water partition coefficient (Wildman–Crippen LogP) is -0.658. The van der Waals surface area contributed by atoms with Crippen LogP contribution in [0.3, 0.4) is 0 Å². The van der Waals surface area contributed by atoms with Crippen LogP contribution >= 0.6 is 0 Å². The Bertz CT molecular complexity index is 242. The smallest absolute Gasteiger partial charge is 0.186 e. The number of carbonyl (C=O) groups is 1. The zero-order valence-corrected chi connectivity index (χ0v) is 7.63. The van der Waals surface area contributed by atoms with Crippen LogP contribution in [0.5, 0.6) is 0 Å². The molecule has 0 radical (unpaired) electrons. The highest BCUT2D eigenvalue weighted by Crippen LogP contribution is 2.30. The van der Waals surface area contributed by atoms with Crippen LogP contribution in [0, 0.1) is 5.41 Å². The van der Waals surface area contributed by atoms with E-state index in [1.54, 1.807) is 0 Å². The van der Waals surface area contributed by atoms with E-state index in [1.807, 2.05) is 0 Å². The van der Waals surface area contributed by atoms with Crippen molar-refractivity contribution in [2.75, 3.05) is 0 Å². The Balaban J connectivity index is 2.73. The van der Waals surface area contributed by atoms with Gasteiger partial charge in [-0.1, -0.05) is 0 Å². The number of aliphatic hydroxyl groups is 1. The van der Waals surface area contributed by atoms with Crippen molar-refractivity contribution in [1.29, 1.82) is 5.41 Å². The second-order valence-electron chi connectivity index (χ2n) is 3.48. The van der Waals surface area contributed by atoms with Crippen LogP contribution in [0.25, 0.3) is 0 Å². The summed E-state index contributed by atoms with van der Waals surface area (Å²) >= 11 is 0. The van der Waals surface area contributed by atoms with E-state index in [9.17, 15) is 9.90 Å². The third-order valence-corrected chi connectivity index (χ3v) is 2.57. The number of carbonyl (C=O) groups excluding carboxylic acids is 1. The lowest BCUT2D eigenvalue weighted by Gasteiger charge is -2.27.